The van der Waals surface area contributed by atoms with Gasteiger partial charge in [0.25, 0.3) is 0 Å². The lowest BCUT2D eigenvalue weighted by Crippen LogP contribution is -2.48. The minimum Gasteiger partial charge on any atom is -0.390 e. The van der Waals surface area contributed by atoms with Crippen LogP contribution in [0, 0.1) is 17.0 Å². The van der Waals surface area contributed by atoms with Crippen LogP contribution < -0.4 is 10.6 Å². The van der Waals surface area contributed by atoms with E-state index in [4.69, 9.17) is 0 Å². The van der Waals surface area contributed by atoms with Gasteiger partial charge >= 0.3 is 0 Å². The predicted molar refractivity (Wildman–Crippen MR) is 141 cm³/mol. The van der Waals surface area contributed by atoms with E-state index in [9.17, 15) is 18.7 Å². The minimum atomic E-state index is -0.976. The third-order valence-electron chi connectivity index (χ3n) is 6.12. The zero-order valence-electron chi connectivity index (χ0n) is 22.3. The molecule has 0 aliphatic heterocycles. The smallest absolute Gasteiger partial charge is 0.217 e. The monoisotopic (exact) mass is 512 g/mol. The molecule has 2 atom stereocenters. The number of halogens is 2. The van der Waals surface area contributed by atoms with Crippen LogP contribution in [0.5, 0.6) is 0 Å². The molecule has 0 aliphatic carbocycles. The van der Waals surface area contributed by atoms with Crippen molar-refractivity contribution in [1.29, 1.82) is 0 Å². The van der Waals surface area contributed by atoms with Crippen molar-refractivity contribution in [1.82, 2.24) is 20.2 Å². The van der Waals surface area contributed by atoms with Crippen LogP contribution in [0.1, 0.15) is 57.0 Å². The molecule has 1 amide bonds. The SMILES string of the molecule is CCc1cncn1-c1ccc(CC(C)(C)C)cc1CNC[C@@H](O)[C@H](Cc1cc(F)cc(F)c1)NC(C)=O. The van der Waals surface area contributed by atoms with Crippen molar-refractivity contribution in [3.8, 4) is 5.69 Å². The molecular formula is C29H38F2N4O2. The fourth-order valence-electron chi connectivity index (χ4n) is 4.56. The molecule has 0 fully saturated rings. The van der Waals surface area contributed by atoms with Crippen LogP contribution in [0.2, 0.25) is 0 Å². The van der Waals surface area contributed by atoms with Gasteiger partial charge in [-0.1, -0.05) is 39.8 Å². The Bertz CT molecular complexity index is 1180. The maximum atomic E-state index is 13.7. The summed E-state index contributed by atoms with van der Waals surface area (Å²) in [5.41, 5.74) is 4.88. The van der Waals surface area contributed by atoms with Gasteiger partial charge in [0, 0.05) is 38.0 Å². The summed E-state index contributed by atoms with van der Waals surface area (Å²) < 4.78 is 29.4. The number of benzene rings is 2. The van der Waals surface area contributed by atoms with Crippen molar-refractivity contribution in [2.45, 2.75) is 72.6 Å². The van der Waals surface area contributed by atoms with Crippen LogP contribution in [0.15, 0.2) is 48.9 Å². The second-order valence-corrected chi connectivity index (χ2v) is 10.8. The van der Waals surface area contributed by atoms with Gasteiger partial charge in [-0.2, -0.15) is 0 Å². The van der Waals surface area contributed by atoms with Crippen LogP contribution >= 0.6 is 0 Å². The van der Waals surface area contributed by atoms with Gasteiger partial charge in [-0.3, -0.25) is 4.79 Å². The number of aliphatic hydroxyl groups excluding tert-OH is 1. The summed E-state index contributed by atoms with van der Waals surface area (Å²) in [7, 11) is 0. The molecule has 0 saturated heterocycles. The summed E-state index contributed by atoms with van der Waals surface area (Å²) in [6.45, 7) is 10.7. The molecule has 37 heavy (non-hydrogen) atoms. The van der Waals surface area contributed by atoms with E-state index in [0.29, 0.717) is 12.1 Å². The Kier molecular flexibility index (Phi) is 9.56. The number of nitrogens with zero attached hydrogens (tertiary/aromatic N) is 2. The quantitative estimate of drug-likeness (QED) is 0.354. The summed E-state index contributed by atoms with van der Waals surface area (Å²) in [6, 6.07) is 8.93. The molecule has 1 heterocycles. The van der Waals surface area contributed by atoms with Crippen LogP contribution in [0.4, 0.5) is 8.78 Å². The number of amides is 1. The maximum Gasteiger partial charge on any atom is 0.217 e. The molecule has 8 heteroatoms. The van der Waals surface area contributed by atoms with E-state index >= 15 is 0 Å². The number of rotatable bonds is 11. The molecule has 0 bridgehead atoms. The van der Waals surface area contributed by atoms with E-state index in [1.54, 1.807) is 6.33 Å². The third kappa shape index (κ3) is 8.47. The minimum absolute atomic E-state index is 0.0956. The summed E-state index contributed by atoms with van der Waals surface area (Å²) in [4.78, 5) is 16.1. The Balaban J connectivity index is 1.77. The zero-order valence-corrected chi connectivity index (χ0v) is 22.3. The number of imidazole rings is 1. The number of hydrogen-bond donors (Lipinski definition) is 3. The van der Waals surface area contributed by atoms with Crippen LogP contribution in [-0.2, 0) is 30.6 Å². The van der Waals surface area contributed by atoms with Gasteiger partial charge in [0.05, 0.1) is 24.2 Å². The number of aliphatic hydroxyl groups is 1. The number of nitrogens with one attached hydrogen (secondary N) is 2. The Hall–Kier alpha value is -3.10. The highest BCUT2D eigenvalue weighted by atomic mass is 19.1. The highest BCUT2D eigenvalue weighted by Crippen LogP contribution is 2.25. The Labute approximate surface area is 218 Å². The Morgan fingerprint density at radius 2 is 1.81 bits per heavy atom. The fourth-order valence-corrected chi connectivity index (χ4v) is 4.56. The van der Waals surface area contributed by atoms with E-state index in [0.717, 1.165) is 35.9 Å². The first-order valence-electron chi connectivity index (χ1n) is 12.7. The zero-order chi connectivity index (χ0) is 27.2. The Morgan fingerprint density at radius 3 is 2.43 bits per heavy atom. The molecule has 3 N–H and O–H groups in total. The van der Waals surface area contributed by atoms with E-state index in [-0.39, 0.29) is 24.3 Å². The highest BCUT2D eigenvalue weighted by Gasteiger charge is 2.22. The first-order valence-corrected chi connectivity index (χ1v) is 12.7. The maximum absolute atomic E-state index is 13.7. The van der Waals surface area contributed by atoms with Crippen molar-refractivity contribution < 1.29 is 18.7 Å². The summed E-state index contributed by atoms with van der Waals surface area (Å²) >= 11 is 0. The molecule has 2 aromatic carbocycles. The molecule has 3 aromatic rings. The van der Waals surface area contributed by atoms with Gasteiger partial charge < -0.3 is 20.3 Å². The summed E-state index contributed by atoms with van der Waals surface area (Å²) in [5.74, 6) is -1.72. The highest BCUT2D eigenvalue weighted by molar-refractivity contribution is 5.73. The van der Waals surface area contributed by atoms with Crippen LogP contribution in [0.3, 0.4) is 0 Å². The second kappa shape index (κ2) is 12.4. The standard InChI is InChI=1S/C29H38F2N4O2/c1-6-25-16-33-18-35(25)27-8-7-20(14-29(3,4)5)9-22(27)15-32-17-28(37)26(34-19(2)36)12-21-10-23(30)13-24(31)11-21/h7-11,13,16,18,26,28,32,37H,6,12,14-15,17H2,1-5H3,(H,34,36)/t26-,28+/m0/s1. The molecular weight excluding hydrogens is 474 g/mol. The normalized spacial score (nSPS) is 13.4. The lowest BCUT2D eigenvalue weighted by Gasteiger charge is -2.25. The van der Waals surface area contributed by atoms with Crippen molar-refractivity contribution in [3.63, 3.8) is 0 Å². The first-order chi connectivity index (χ1) is 17.4. The molecule has 1 aromatic heterocycles. The van der Waals surface area contributed by atoms with Gasteiger partial charge in [-0.05, 0) is 59.6 Å². The average molecular weight is 513 g/mol. The van der Waals surface area contributed by atoms with Gasteiger partial charge in [0.2, 0.25) is 5.91 Å². The Morgan fingerprint density at radius 1 is 1.11 bits per heavy atom. The van der Waals surface area contributed by atoms with Gasteiger partial charge in [0.1, 0.15) is 11.6 Å². The van der Waals surface area contributed by atoms with E-state index < -0.39 is 23.8 Å². The largest absolute Gasteiger partial charge is 0.390 e. The van der Waals surface area contributed by atoms with E-state index in [1.165, 1.54) is 24.6 Å². The van der Waals surface area contributed by atoms with E-state index in [1.807, 2.05) is 6.20 Å². The van der Waals surface area contributed by atoms with Gasteiger partial charge in [0.15, 0.2) is 0 Å². The number of carbonyl (C=O) groups excluding carboxylic acids is 1. The van der Waals surface area contributed by atoms with Crippen LogP contribution in [-0.4, -0.2) is 39.3 Å². The summed E-state index contributed by atoms with van der Waals surface area (Å²) in [5, 5.41) is 16.9. The molecule has 200 valence electrons. The molecule has 0 unspecified atom stereocenters. The third-order valence-corrected chi connectivity index (χ3v) is 6.12. The molecule has 6 nitrogen and oxygen atoms in total. The van der Waals surface area contributed by atoms with E-state index in [2.05, 4.69) is 66.1 Å². The average Bonchev–Trinajstić information content (AvgIpc) is 3.25. The van der Waals surface area contributed by atoms with Crippen molar-refractivity contribution in [2.24, 2.45) is 5.41 Å². The summed E-state index contributed by atoms with van der Waals surface area (Å²) in [6.07, 6.45) is 4.54. The lowest BCUT2D eigenvalue weighted by molar-refractivity contribution is -0.120. The van der Waals surface area contributed by atoms with Crippen LogP contribution in [0.25, 0.3) is 5.69 Å². The van der Waals surface area contributed by atoms with Gasteiger partial charge in [-0.15, -0.1) is 0 Å². The number of aryl methyl sites for hydroxylation is 1. The fraction of sp³-hybridized carbons (Fsp3) is 0.448. The topological polar surface area (TPSA) is 79.2 Å². The molecule has 0 aliphatic rings. The van der Waals surface area contributed by atoms with Gasteiger partial charge in [-0.25, -0.2) is 13.8 Å². The predicted octanol–water partition coefficient (Wildman–Crippen LogP) is 4.50. The van der Waals surface area contributed by atoms with Crippen molar-refractivity contribution >= 4 is 5.91 Å². The number of carbonyl (C=O) groups is 1. The molecule has 0 spiro atoms. The lowest BCUT2D eigenvalue weighted by atomic mass is 9.87. The number of hydrogen-bond acceptors (Lipinski definition) is 4. The van der Waals surface area contributed by atoms with Crippen molar-refractivity contribution in [2.75, 3.05) is 6.54 Å². The molecule has 0 saturated carbocycles. The molecule has 3 rings (SSSR count). The molecule has 0 radical (unpaired) electrons. The number of aromatic nitrogens is 2. The second-order valence-electron chi connectivity index (χ2n) is 10.8. The van der Waals surface area contributed by atoms with Crippen molar-refractivity contribution in [3.05, 3.63) is 82.9 Å². The first kappa shape index (κ1) is 28.5.